The van der Waals surface area contributed by atoms with E-state index in [1.54, 1.807) is 24.5 Å². The van der Waals surface area contributed by atoms with Crippen molar-refractivity contribution >= 4 is 29.4 Å². The summed E-state index contributed by atoms with van der Waals surface area (Å²) in [6.07, 6.45) is 6.70. The Balaban J connectivity index is 1.62. The highest BCUT2D eigenvalue weighted by Crippen LogP contribution is 2.14. The summed E-state index contributed by atoms with van der Waals surface area (Å²) in [4.78, 5) is 28.3. The van der Waals surface area contributed by atoms with Crippen LogP contribution >= 0.6 is 11.8 Å². The van der Waals surface area contributed by atoms with E-state index in [2.05, 4.69) is 31.3 Å². The first-order chi connectivity index (χ1) is 14.7. The van der Waals surface area contributed by atoms with Gasteiger partial charge in [-0.3, -0.25) is 10.1 Å². The molecule has 1 N–H and O–H groups in total. The molecule has 1 saturated heterocycles. The van der Waals surface area contributed by atoms with Gasteiger partial charge in [-0.2, -0.15) is 11.8 Å². The second kappa shape index (κ2) is 11.3. The van der Waals surface area contributed by atoms with Crippen molar-refractivity contribution in [3.63, 3.8) is 0 Å². The fourth-order valence-corrected chi connectivity index (χ4v) is 3.58. The van der Waals surface area contributed by atoms with Gasteiger partial charge in [0.1, 0.15) is 0 Å². The zero-order valence-electron chi connectivity index (χ0n) is 17.1. The summed E-state index contributed by atoms with van der Waals surface area (Å²) in [6, 6.07) is 8.39. The maximum atomic E-state index is 10.8. The lowest BCUT2D eigenvalue weighted by Crippen LogP contribution is -2.53. The zero-order valence-corrected chi connectivity index (χ0v) is 17.9. The van der Waals surface area contributed by atoms with Gasteiger partial charge in [0.05, 0.1) is 11.5 Å². The van der Waals surface area contributed by atoms with Gasteiger partial charge in [0.25, 0.3) is 5.69 Å². The molecule has 0 unspecified atom stereocenters. The van der Waals surface area contributed by atoms with Crippen LogP contribution < -0.4 is 10.2 Å². The maximum absolute atomic E-state index is 10.8. The summed E-state index contributed by atoms with van der Waals surface area (Å²) in [5.74, 6) is 2.74. The minimum absolute atomic E-state index is 0.0948. The first-order valence-electron chi connectivity index (χ1n) is 9.95. The Bertz CT molecular complexity index is 825. The Morgan fingerprint density at radius 2 is 1.90 bits per heavy atom. The molecule has 1 aliphatic rings. The van der Waals surface area contributed by atoms with Gasteiger partial charge in [0.15, 0.2) is 5.96 Å². The van der Waals surface area contributed by atoms with Crippen molar-refractivity contribution in [2.75, 3.05) is 49.6 Å². The number of hydrogen-bond acceptors (Lipinski definition) is 7. The highest BCUT2D eigenvalue weighted by molar-refractivity contribution is 7.98. The number of piperazine rings is 1. The number of nitro benzene ring substituents is 1. The van der Waals surface area contributed by atoms with Gasteiger partial charge in [0, 0.05) is 57.3 Å². The van der Waals surface area contributed by atoms with Crippen LogP contribution in [0.15, 0.2) is 47.7 Å². The van der Waals surface area contributed by atoms with Crippen molar-refractivity contribution in [2.24, 2.45) is 4.99 Å². The average Bonchev–Trinajstić information content (AvgIpc) is 2.79. The molecule has 0 radical (unpaired) electrons. The van der Waals surface area contributed by atoms with Crippen LogP contribution in [-0.2, 0) is 6.54 Å². The number of aromatic nitrogens is 2. The molecule has 1 fully saturated rings. The van der Waals surface area contributed by atoms with E-state index < -0.39 is 0 Å². The summed E-state index contributed by atoms with van der Waals surface area (Å²) in [7, 11) is 0. The smallest absolute Gasteiger partial charge is 0.269 e. The molecule has 2 heterocycles. The molecule has 0 bridgehead atoms. The van der Waals surface area contributed by atoms with Gasteiger partial charge in [-0.1, -0.05) is 12.1 Å². The lowest BCUT2D eigenvalue weighted by Gasteiger charge is -2.36. The van der Waals surface area contributed by atoms with E-state index in [0.717, 1.165) is 62.4 Å². The highest BCUT2D eigenvalue weighted by Gasteiger charge is 2.21. The van der Waals surface area contributed by atoms with E-state index in [-0.39, 0.29) is 10.6 Å². The lowest BCUT2D eigenvalue weighted by atomic mass is 10.2. The molecule has 1 aliphatic heterocycles. The molecule has 0 atom stereocenters. The van der Waals surface area contributed by atoms with Crippen molar-refractivity contribution in [1.29, 1.82) is 0 Å². The predicted octanol–water partition coefficient (Wildman–Crippen LogP) is 2.41. The number of nitrogens with one attached hydrogen (secondary N) is 1. The minimum atomic E-state index is -0.387. The number of rotatable bonds is 8. The Morgan fingerprint density at radius 3 is 2.53 bits per heavy atom. The number of anilines is 1. The summed E-state index contributed by atoms with van der Waals surface area (Å²) in [5, 5.41) is 14.3. The van der Waals surface area contributed by atoms with Crippen LogP contribution in [0.5, 0.6) is 0 Å². The van der Waals surface area contributed by atoms with Crippen molar-refractivity contribution in [1.82, 2.24) is 20.2 Å². The molecule has 1 aromatic carbocycles. The van der Waals surface area contributed by atoms with Crippen LogP contribution in [0, 0.1) is 10.1 Å². The fraction of sp³-hybridized carbons (Fsp3) is 0.450. The summed E-state index contributed by atoms with van der Waals surface area (Å²) < 4.78 is 0. The molecule has 1 aromatic heterocycles. The topological polar surface area (TPSA) is 99.8 Å². The number of non-ortho nitro benzene ring substituents is 1. The van der Waals surface area contributed by atoms with Crippen molar-refractivity contribution in [2.45, 2.75) is 13.0 Å². The zero-order chi connectivity index (χ0) is 21.2. The third-order valence-electron chi connectivity index (χ3n) is 4.78. The monoisotopic (exact) mass is 429 g/mol. The standard InChI is InChI=1S/C20H27N7O2S/c1-30-15-3-10-23-20(24-16-17-4-6-18(7-5-17)27(28)29)26-13-11-25(12-14-26)19-21-8-2-9-22-19/h2,4-9H,3,10-16H2,1H3,(H,23,24). The SMILES string of the molecule is CSCCCNC(=NCc1ccc([N+](=O)[O-])cc1)N1CCN(c2ncccn2)CC1. The highest BCUT2D eigenvalue weighted by atomic mass is 32.2. The van der Waals surface area contributed by atoms with Crippen LogP contribution in [0.4, 0.5) is 11.6 Å². The fourth-order valence-electron chi connectivity index (χ4n) is 3.15. The van der Waals surface area contributed by atoms with E-state index in [0.29, 0.717) is 6.54 Å². The van der Waals surface area contributed by atoms with Crippen molar-refractivity contribution in [3.05, 3.63) is 58.4 Å². The van der Waals surface area contributed by atoms with Crippen LogP contribution in [0.25, 0.3) is 0 Å². The molecule has 10 heteroatoms. The summed E-state index contributed by atoms with van der Waals surface area (Å²) in [6.45, 7) is 4.65. The van der Waals surface area contributed by atoms with Gasteiger partial charge in [-0.05, 0) is 30.1 Å². The first kappa shape index (κ1) is 21.8. The van der Waals surface area contributed by atoms with Crippen LogP contribution in [0.2, 0.25) is 0 Å². The van der Waals surface area contributed by atoms with E-state index in [1.165, 1.54) is 12.1 Å². The Morgan fingerprint density at radius 1 is 1.20 bits per heavy atom. The third-order valence-corrected chi connectivity index (χ3v) is 5.48. The summed E-state index contributed by atoms with van der Waals surface area (Å²) in [5.41, 5.74) is 1.04. The molecule has 30 heavy (non-hydrogen) atoms. The number of guanidine groups is 1. The van der Waals surface area contributed by atoms with Crippen molar-refractivity contribution in [3.8, 4) is 0 Å². The van der Waals surface area contributed by atoms with Crippen LogP contribution in [-0.4, -0.2) is 70.5 Å². The molecular formula is C20H27N7O2S. The molecule has 0 saturated carbocycles. The van der Waals surface area contributed by atoms with Crippen molar-refractivity contribution < 1.29 is 4.92 Å². The predicted molar refractivity (Wildman–Crippen MR) is 121 cm³/mol. The van der Waals surface area contributed by atoms with E-state index >= 15 is 0 Å². The maximum Gasteiger partial charge on any atom is 0.269 e. The Labute approximate surface area is 180 Å². The normalized spacial score (nSPS) is 14.6. The second-order valence-corrected chi connectivity index (χ2v) is 7.85. The van der Waals surface area contributed by atoms with Gasteiger partial charge in [-0.15, -0.1) is 0 Å². The van der Waals surface area contributed by atoms with Gasteiger partial charge in [0.2, 0.25) is 5.95 Å². The molecular weight excluding hydrogens is 402 g/mol. The lowest BCUT2D eigenvalue weighted by molar-refractivity contribution is -0.384. The molecule has 0 aliphatic carbocycles. The number of nitrogens with zero attached hydrogens (tertiary/aromatic N) is 6. The second-order valence-electron chi connectivity index (χ2n) is 6.86. The Hall–Kier alpha value is -2.88. The average molecular weight is 430 g/mol. The number of nitro groups is 1. The first-order valence-corrected chi connectivity index (χ1v) is 11.3. The molecule has 3 rings (SSSR count). The molecule has 0 amide bonds. The number of benzene rings is 1. The molecule has 9 nitrogen and oxygen atoms in total. The van der Waals surface area contributed by atoms with Gasteiger partial charge < -0.3 is 15.1 Å². The molecule has 160 valence electrons. The number of aliphatic imine (C=N–C) groups is 1. The summed E-state index contributed by atoms with van der Waals surface area (Å²) >= 11 is 1.83. The van der Waals surface area contributed by atoms with Gasteiger partial charge in [-0.25, -0.2) is 15.0 Å². The number of thioether (sulfide) groups is 1. The largest absolute Gasteiger partial charge is 0.356 e. The molecule has 0 spiro atoms. The number of hydrogen-bond donors (Lipinski definition) is 1. The molecule has 2 aromatic rings. The van der Waals surface area contributed by atoms with E-state index in [9.17, 15) is 10.1 Å². The van der Waals surface area contributed by atoms with Crippen LogP contribution in [0.1, 0.15) is 12.0 Å². The van der Waals surface area contributed by atoms with Crippen LogP contribution in [0.3, 0.4) is 0 Å². The Kier molecular flexibility index (Phi) is 8.25. The minimum Gasteiger partial charge on any atom is -0.356 e. The van der Waals surface area contributed by atoms with Gasteiger partial charge >= 0.3 is 0 Å². The third kappa shape index (κ3) is 6.31. The van der Waals surface area contributed by atoms with E-state index in [1.807, 2.05) is 17.8 Å². The quantitative estimate of drug-likeness (QED) is 0.225. The van der Waals surface area contributed by atoms with E-state index in [4.69, 9.17) is 4.99 Å².